The van der Waals surface area contributed by atoms with Crippen molar-refractivity contribution in [3.05, 3.63) is 30.1 Å². The highest BCUT2D eigenvalue weighted by Gasteiger charge is 2.15. The average Bonchev–Trinajstić information content (AvgIpc) is 2.57. The van der Waals surface area contributed by atoms with Gasteiger partial charge in [-0.1, -0.05) is 6.07 Å². The Bertz CT molecular complexity index is 269. The second-order valence-electron chi connectivity index (χ2n) is 2.85. The third-order valence-electron chi connectivity index (χ3n) is 2.07. The van der Waals surface area contributed by atoms with Gasteiger partial charge in [0.05, 0.1) is 1.37 Å². The van der Waals surface area contributed by atoms with Crippen LogP contribution in [0.4, 0.5) is 0 Å². The van der Waals surface area contributed by atoms with Crippen LogP contribution in [0.2, 0.25) is 0 Å². The summed E-state index contributed by atoms with van der Waals surface area (Å²) in [7, 11) is 0. The predicted molar refractivity (Wildman–Crippen MR) is 44.2 cm³/mol. The zero-order valence-electron chi connectivity index (χ0n) is 7.38. The zero-order valence-corrected chi connectivity index (χ0v) is 6.38. The Labute approximate surface area is 68.1 Å². The maximum atomic E-state index is 7.58. The van der Waals surface area contributed by atoms with E-state index in [1.54, 1.807) is 6.20 Å². The Morgan fingerprint density at radius 1 is 1.73 bits per heavy atom. The predicted octanol–water partition coefficient (Wildman–Crippen LogP) is 1.51. The molecule has 0 aromatic carbocycles. The van der Waals surface area contributed by atoms with Crippen LogP contribution in [0.1, 0.15) is 25.8 Å². The van der Waals surface area contributed by atoms with Gasteiger partial charge in [0.1, 0.15) is 0 Å². The molecule has 2 nitrogen and oxygen atoms in total. The van der Waals surface area contributed by atoms with Crippen LogP contribution in [0.15, 0.2) is 24.5 Å². The second-order valence-corrected chi connectivity index (χ2v) is 2.85. The average molecular weight is 149 g/mol. The fraction of sp³-hybridized carbons (Fsp3) is 0.444. The number of pyridine rings is 1. The SMILES string of the molecule is [2H]c1ncccc1C1CCCN1. The number of aromatic nitrogens is 1. The molecule has 1 aliphatic rings. The van der Waals surface area contributed by atoms with Crippen molar-refractivity contribution in [1.29, 1.82) is 0 Å². The van der Waals surface area contributed by atoms with Crippen LogP contribution in [-0.2, 0) is 0 Å². The molecule has 1 N–H and O–H groups in total. The first-order chi connectivity index (χ1) is 5.88. The van der Waals surface area contributed by atoms with Gasteiger partial charge in [-0.05, 0) is 31.0 Å². The molecule has 0 saturated carbocycles. The number of hydrogen-bond acceptors (Lipinski definition) is 2. The molecule has 58 valence electrons. The molecule has 0 aliphatic carbocycles. The van der Waals surface area contributed by atoms with E-state index in [2.05, 4.69) is 10.3 Å². The van der Waals surface area contributed by atoms with Crippen molar-refractivity contribution in [1.82, 2.24) is 10.3 Å². The summed E-state index contributed by atoms with van der Waals surface area (Å²) in [5.74, 6) is 0. The summed E-state index contributed by atoms with van der Waals surface area (Å²) in [4.78, 5) is 3.95. The van der Waals surface area contributed by atoms with Crippen LogP contribution >= 0.6 is 0 Å². The molecule has 11 heavy (non-hydrogen) atoms. The highest BCUT2D eigenvalue weighted by molar-refractivity contribution is 5.14. The molecular weight excluding hydrogens is 136 g/mol. The van der Waals surface area contributed by atoms with Gasteiger partial charge in [-0.15, -0.1) is 0 Å². The van der Waals surface area contributed by atoms with E-state index in [9.17, 15) is 0 Å². The molecule has 2 heterocycles. The molecule has 1 atom stereocenters. The molecular formula is C9H12N2. The van der Waals surface area contributed by atoms with Crippen LogP contribution in [0.25, 0.3) is 0 Å². The second kappa shape index (κ2) is 3.01. The van der Waals surface area contributed by atoms with E-state index in [-0.39, 0.29) is 0 Å². The summed E-state index contributed by atoms with van der Waals surface area (Å²) in [5, 5.41) is 3.35. The first-order valence-corrected chi connectivity index (χ1v) is 4.03. The molecule has 0 spiro atoms. The lowest BCUT2D eigenvalue weighted by molar-refractivity contribution is 0.645. The third kappa shape index (κ3) is 1.40. The summed E-state index contributed by atoms with van der Waals surface area (Å²) in [6.45, 7) is 1.07. The molecule has 1 fully saturated rings. The number of nitrogens with zero attached hydrogens (tertiary/aromatic N) is 1. The molecule has 2 rings (SSSR count). The lowest BCUT2D eigenvalue weighted by Gasteiger charge is -2.08. The Morgan fingerprint density at radius 2 is 2.73 bits per heavy atom. The van der Waals surface area contributed by atoms with Gasteiger partial charge in [0.15, 0.2) is 0 Å². The molecule has 1 aromatic heterocycles. The fourth-order valence-corrected chi connectivity index (χ4v) is 1.48. The van der Waals surface area contributed by atoms with Crippen LogP contribution in [0.3, 0.4) is 0 Å². The topological polar surface area (TPSA) is 24.9 Å². The normalized spacial score (nSPS) is 25.1. The van der Waals surface area contributed by atoms with Crippen molar-refractivity contribution in [3.63, 3.8) is 0 Å². The highest BCUT2D eigenvalue weighted by Crippen LogP contribution is 2.21. The Balaban J connectivity index is 2.26. The highest BCUT2D eigenvalue weighted by atomic mass is 14.9. The van der Waals surface area contributed by atoms with E-state index >= 15 is 0 Å². The van der Waals surface area contributed by atoms with Crippen LogP contribution < -0.4 is 5.32 Å². The summed E-state index contributed by atoms with van der Waals surface area (Å²) in [5.41, 5.74) is 1.04. The minimum atomic E-state index is 0.367. The summed E-state index contributed by atoms with van der Waals surface area (Å²) in [6, 6.07) is 4.25. The maximum Gasteiger partial charge on any atom is 0.0843 e. The number of nitrogens with one attached hydrogen (secondary N) is 1. The van der Waals surface area contributed by atoms with Gasteiger partial charge in [-0.2, -0.15) is 0 Å². The van der Waals surface area contributed by atoms with Crippen molar-refractivity contribution in [2.75, 3.05) is 6.54 Å². The summed E-state index contributed by atoms with van der Waals surface area (Å²) >= 11 is 0. The van der Waals surface area contributed by atoms with Crippen molar-refractivity contribution in [2.24, 2.45) is 0 Å². The molecule has 1 aliphatic heterocycles. The van der Waals surface area contributed by atoms with Crippen molar-refractivity contribution < 1.29 is 1.37 Å². The van der Waals surface area contributed by atoms with Gasteiger partial charge in [-0.25, -0.2) is 0 Å². The van der Waals surface area contributed by atoms with Gasteiger partial charge < -0.3 is 5.32 Å². The van der Waals surface area contributed by atoms with Gasteiger partial charge >= 0.3 is 0 Å². The minimum Gasteiger partial charge on any atom is -0.310 e. The van der Waals surface area contributed by atoms with E-state index in [4.69, 9.17) is 1.37 Å². The maximum absolute atomic E-state index is 7.58. The van der Waals surface area contributed by atoms with E-state index in [1.165, 1.54) is 6.42 Å². The lowest BCUT2D eigenvalue weighted by atomic mass is 10.1. The van der Waals surface area contributed by atoms with E-state index in [1.807, 2.05) is 12.1 Å². The van der Waals surface area contributed by atoms with E-state index < -0.39 is 0 Å². The van der Waals surface area contributed by atoms with Crippen molar-refractivity contribution in [2.45, 2.75) is 18.9 Å². The smallest absolute Gasteiger partial charge is 0.0843 e. The monoisotopic (exact) mass is 149 g/mol. The molecule has 1 unspecified atom stereocenters. The summed E-state index contributed by atoms with van der Waals surface area (Å²) in [6.07, 6.45) is 4.43. The Hall–Kier alpha value is -0.890. The van der Waals surface area contributed by atoms with E-state index in [0.717, 1.165) is 18.5 Å². The van der Waals surface area contributed by atoms with Gasteiger partial charge in [0.25, 0.3) is 0 Å². The van der Waals surface area contributed by atoms with Gasteiger partial charge in [0, 0.05) is 18.4 Å². The Kier molecular flexibility index (Phi) is 1.57. The number of rotatable bonds is 1. The largest absolute Gasteiger partial charge is 0.310 e. The zero-order chi connectivity index (χ0) is 8.39. The fourth-order valence-electron chi connectivity index (χ4n) is 1.48. The quantitative estimate of drug-likeness (QED) is 0.654. The van der Waals surface area contributed by atoms with Gasteiger partial charge in [0.2, 0.25) is 0 Å². The lowest BCUT2D eigenvalue weighted by Crippen LogP contribution is -2.12. The van der Waals surface area contributed by atoms with Crippen LogP contribution in [0.5, 0.6) is 0 Å². The van der Waals surface area contributed by atoms with Crippen LogP contribution in [0, 0.1) is 0 Å². The third-order valence-corrected chi connectivity index (χ3v) is 2.07. The van der Waals surface area contributed by atoms with E-state index in [0.29, 0.717) is 12.2 Å². The first kappa shape index (κ1) is 5.72. The van der Waals surface area contributed by atoms with Crippen LogP contribution in [-0.4, -0.2) is 11.5 Å². The van der Waals surface area contributed by atoms with Crippen molar-refractivity contribution in [3.8, 4) is 0 Å². The summed E-state index contributed by atoms with van der Waals surface area (Å²) < 4.78 is 7.58. The minimum absolute atomic E-state index is 0.367. The standard InChI is InChI=1S/C9H12N2/c1-3-8(7-10-5-1)9-4-2-6-11-9/h1,3,5,7,9,11H,2,4,6H2/i7D. The molecule has 0 amide bonds. The number of hydrogen-bond donors (Lipinski definition) is 1. The molecule has 2 heteroatoms. The molecule has 1 saturated heterocycles. The molecule has 1 aromatic rings. The van der Waals surface area contributed by atoms with Gasteiger partial charge in [-0.3, -0.25) is 4.98 Å². The first-order valence-electron chi connectivity index (χ1n) is 4.53. The molecule has 0 radical (unpaired) electrons. The van der Waals surface area contributed by atoms with Crippen molar-refractivity contribution >= 4 is 0 Å². The molecule has 0 bridgehead atoms. The Morgan fingerprint density at radius 3 is 3.45 bits per heavy atom.